The van der Waals surface area contributed by atoms with E-state index in [2.05, 4.69) is 26.1 Å². The maximum Gasteiger partial charge on any atom is 0.243 e. The summed E-state index contributed by atoms with van der Waals surface area (Å²) < 4.78 is 0. The van der Waals surface area contributed by atoms with Gasteiger partial charge in [0.25, 0.3) is 0 Å². The SMILES string of the molecule is CC/C(=C/C(=O)NC)C(C)C. The van der Waals surface area contributed by atoms with E-state index in [1.165, 1.54) is 5.57 Å². The quantitative estimate of drug-likeness (QED) is 0.618. The minimum atomic E-state index is -0.00412. The normalized spacial score (nSPS) is 11.9. The summed E-state index contributed by atoms with van der Waals surface area (Å²) in [4.78, 5) is 10.9. The van der Waals surface area contributed by atoms with E-state index in [1.807, 2.05) is 0 Å². The Kier molecular flexibility index (Phi) is 4.59. The van der Waals surface area contributed by atoms with E-state index in [4.69, 9.17) is 0 Å². The average molecular weight is 155 g/mol. The molecule has 2 nitrogen and oxygen atoms in total. The van der Waals surface area contributed by atoms with Gasteiger partial charge in [-0.3, -0.25) is 4.79 Å². The first-order valence-corrected chi connectivity index (χ1v) is 4.04. The topological polar surface area (TPSA) is 29.1 Å². The molecule has 64 valence electrons. The molecule has 0 saturated carbocycles. The number of allylic oxidation sites excluding steroid dienone is 1. The number of rotatable bonds is 3. The first kappa shape index (κ1) is 10.2. The molecule has 0 aliphatic heterocycles. The third-order valence-corrected chi connectivity index (χ3v) is 1.71. The van der Waals surface area contributed by atoms with Crippen molar-refractivity contribution in [3.8, 4) is 0 Å². The zero-order chi connectivity index (χ0) is 8.85. The molecule has 0 bridgehead atoms. The van der Waals surface area contributed by atoms with Crippen molar-refractivity contribution in [3.63, 3.8) is 0 Å². The summed E-state index contributed by atoms with van der Waals surface area (Å²) >= 11 is 0. The first-order chi connectivity index (χ1) is 5.11. The summed E-state index contributed by atoms with van der Waals surface area (Å²) in [6.07, 6.45) is 2.63. The van der Waals surface area contributed by atoms with Crippen LogP contribution in [0.5, 0.6) is 0 Å². The molecule has 0 spiro atoms. The van der Waals surface area contributed by atoms with Crippen LogP contribution in [0, 0.1) is 5.92 Å². The van der Waals surface area contributed by atoms with E-state index in [1.54, 1.807) is 13.1 Å². The Labute approximate surface area is 68.7 Å². The Morgan fingerprint density at radius 2 is 2.09 bits per heavy atom. The highest BCUT2D eigenvalue weighted by atomic mass is 16.1. The highest BCUT2D eigenvalue weighted by molar-refractivity contribution is 5.87. The number of nitrogens with one attached hydrogen (secondary N) is 1. The highest BCUT2D eigenvalue weighted by Gasteiger charge is 2.01. The van der Waals surface area contributed by atoms with Crippen LogP contribution in [-0.2, 0) is 4.79 Å². The molecule has 0 aromatic rings. The molecule has 1 amide bonds. The lowest BCUT2D eigenvalue weighted by Gasteiger charge is -2.07. The average Bonchev–Trinajstić information content (AvgIpc) is 1.99. The van der Waals surface area contributed by atoms with E-state index in [0.29, 0.717) is 5.92 Å². The number of amides is 1. The van der Waals surface area contributed by atoms with Crippen LogP contribution in [0.4, 0.5) is 0 Å². The fourth-order valence-electron chi connectivity index (χ4n) is 0.918. The predicted octanol–water partition coefficient (Wildman–Crippen LogP) is 1.72. The summed E-state index contributed by atoms with van der Waals surface area (Å²) in [7, 11) is 1.65. The van der Waals surface area contributed by atoms with Gasteiger partial charge in [-0.05, 0) is 12.3 Å². The number of likely N-dealkylation sites (N-methyl/N-ethyl adjacent to an activating group) is 1. The fourth-order valence-corrected chi connectivity index (χ4v) is 0.918. The van der Waals surface area contributed by atoms with Gasteiger partial charge in [0.15, 0.2) is 0 Å². The van der Waals surface area contributed by atoms with Crippen LogP contribution in [0.1, 0.15) is 27.2 Å². The molecule has 0 heterocycles. The van der Waals surface area contributed by atoms with E-state index in [-0.39, 0.29) is 5.91 Å². The lowest BCUT2D eigenvalue weighted by molar-refractivity contribution is -0.116. The van der Waals surface area contributed by atoms with Gasteiger partial charge in [-0.25, -0.2) is 0 Å². The Hall–Kier alpha value is -0.790. The molecule has 11 heavy (non-hydrogen) atoms. The molecule has 0 atom stereocenters. The minimum Gasteiger partial charge on any atom is -0.356 e. The van der Waals surface area contributed by atoms with Crippen LogP contribution in [0.15, 0.2) is 11.6 Å². The molecule has 1 N–H and O–H groups in total. The predicted molar refractivity (Wildman–Crippen MR) is 47.3 cm³/mol. The molecule has 0 aromatic carbocycles. The smallest absolute Gasteiger partial charge is 0.243 e. The molecule has 0 rings (SSSR count). The van der Waals surface area contributed by atoms with Gasteiger partial charge in [0.2, 0.25) is 5.91 Å². The molecule has 2 heteroatoms. The highest BCUT2D eigenvalue weighted by Crippen LogP contribution is 2.12. The maximum atomic E-state index is 10.9. The maximum absolute atomic E-state index is 10.9. The Balaban J connectivity index is 4.23. The van der Waals surface area contributed by atoms with Crippen molar-refractivity contribution >= 4 is 5.91 Å². The summed E-state index contributed by atoms with van der Waals surface area (Å²) in [6, 6.07) is 0. The van der Waals surface area contributed by atoms with Crippen molar-refractivity contribution in [2.75, 3.05) is 7.05 Å². The van der Waals surface area contributed by atoms with Crippen LogP contribution in [0.25, 0.3) is 0 Å². The van der Waals surface area contributed by atoms with Gasteiger partial charge in [-0.2, -0.15) is 0 Å². The van der Waals surface area contributed by atoms with Crippen molar-refractivity contribution in [2.45, 2.75) is 27.2 Å². The number of carbonyl (C=O) groups excluding carboxylic acids is 1. The van der Waals surface area contributed by atoms with E-state index in [9.17, 15) is 4.79 Å². The first-order valence-electron chi connectivity index (χ1n) is 4.04. The second-order valence-corrected chi connectivity index (χ2v) is 2.84. The zero-order valence-corrected chi connectivity index (χ0v) is 7.77. The van der Waals surface area contributed by atoms with Crippen molar-refractivity contribution < 1.29 is 4.79 Å². The van der Waals surface area contributed by atoms with Crippen LogP contribution >= 0.6 is 0 Å². The monoisotopic (exact) mass is 155 g/mol. The van der Waals surface area contributed by atoms with Crippen LogP contribution in [0.2, 0.25) is 0 Å². The number of hydrogen-bond donors (Lipinski definition) is 1. The minimum absolute atomic E-state index is 0.00412. The van der Waals surface area contributed by atoms with Gasteiger partial charge in [0.1, 0.15) is 0 Å². The Morgan fingerprint density at radius 3 is 2.36 bits per heavy atom. The zero-order valence-electron chi connectivity index (χ0n) is 7.77. The van der Waals surface area contributed by atoms with Gasteiger partial charge < -0.3 is 5.32 Å². The number of carbonyl (C=O) groups is 1. The van der Waals surface area contributed by atoms with Gasteiger partial charge in [-0.1, -0.05) is 26.3 Å². The number of hydrogen-bond acceptors (Lipinski definition) is 1. The molecular weight excluding hydrogens is 138 g/mol. The Morgan fingerprint density at radius 1 is 1.55 bits per heavy atom. The molecule has 0 saturated heterocycles. The second kappa shape index (κ2) is 4.94. The van der Waals surface area contributed by atoms with Gasteiger partial charge in [-0.15, -0.1) is 0 Å². The Bertz CT molecular complexity index is 159. The lowest BCUT2D eigenvalue weighted by atomic mass is 10.0. The van der Waals surface area contributed by atoms with Gasteiger partial charge in [0.05, 0.1) is 0 Å². The molecule has 0 radical (unpaired) electrons. The van der Waals surface area contributed by atoms with Crippen molar-refractivity contribution in [3.05, 3.63) is 11.6 Å². The van der Waals surface area contributed by atoms with Crippen LogP contribution in [-0.4, -0.2) is 13.0 Å². The van der Waals surface area contributed by atoms with E-state index >= 15 is 0 Å². The lowest BCUT2D eigenvalue weighted by Crippen LogP contribution is -2.15. The van der Waals surface area contributed by atoms with Gasteiger partial charge >= 0.3 is 0 Å². The standard InChI is InChI=1S/C9H17NO/c1-5-8(7(2)3)6-9(11)10-4/h6-7H,5H2,1-4H3,(H,10,11)/b8-6-. The van der Waals surface area contributed by atoms with E-state index in [0.717, 1.165) is 6.42 Å². The molecule has 0 aromatic heterocycles. The molecule has 0 aliphatic rings. The molecule has 0 unspecified atom stereocenters. The largest absolute Gasteiger partial charge is 0.356 e. The molecule has 0 aliphatic carbocycles. The van der Waals surface area contributed by atoms with Crippen molar-refractivity contribution in [1.82, 2.24) is 5.32 Å². The summed E-state index contributed by atoms with van der Waals surface area (Å²) in [5.41, 5.74) is 1.20. The summed E-state index contributed by atoms with van der Waals surface area (Å²) in [5.74, 6) is 0.466. The second-order valence-electron chi connectivity index (χ2n) is 2.84. The third-order valence-electron chi connectivity index (χ3n) is 1.71. The van der Waals surface area contributed by atoms with Crippen LogP contribution < -0.4 is 5.32 Å². The summed E-state index contributed by atoms with van der Waals surface area (Å²) in [5, 5.41) is 2.57. The van der Waals surface area contributed by atoms with Gasteiger partial charge in [0, 0.05) is 13.1 Å². The summed E-state index contributed by atoms with van der Waals surface area (Å²) in [6.45, 7) is 6.26. The van der Waals surface area contributed by atoms with Crippen molar-refractivity contribution in [2.24, 2.45) is 5.92 Å². The van der Waals surface area contributed by atoms with E-state index < -0.39 is 0 Å². The molecular formula is C9H17NO. The fraction of sp³-hybridized carbons (Fsp3) is 0.667. The molecule has 0 fully saturated rings. The third kappa shape index (κ3) is 3.81. The van der Waals surface area contributed by atoms with Crippen molar-refractivity contribution in [1.29, 1.82) is 0 Å². The van der Waals surface area contributed by atoms with Crippen LogP contribution in [0.3, 0.4) is 0 Å².